The molecule has 0 aliphatic rings. The molecule has 1 heterocycles. The van der Waals surface area contributed by atoms with E-state index >= 15 is 0 Å². The molecule has 0 aliphatic carbocycles. The van der Waals surface area contributed by atoms with E-state index in [-0.39, 0.29) is 0 Å². The normalized spacial score (nSPS) is 11.2. The Balaban J connectivity index is 1.38. The van der Waals surface area contributed by atoms with Crippen molar-refractivity contribution in [1.82, 2.24) is 9.55 Å². The Kier molecular flexibility index (Phi) is 8.18. The van der Waals surface area contributed by atoms with Gasteiger partial charge in [-0.1, -0.05) is 54.6 Å². The first-order valence-corrected chi connectivity index (χ1v) is 12.0. The van der Waals surface area contributed by atoms with Crippen LogP contribution in [-0.2, 0) is 6.54 Å². The van der Waals surface area contributed by atoms with Crippen LogP contribution in [0.15, 0.2) is 96.4 Å². The third-order valence-electron chi connectivity index (χ3n) is 5.33. The molecule has 0 fully saturated rings. The summed E-state index contributed by atoms with van der Waals surface area (Å²) in [4.78, 5) is 11.4. The Morgan fingerprint density at radius 2 is 1.55 bits per heavy atom. The van der Waals surface area contributed by atoms with E-state index in [9.17, 15) is 0 Å². The molecule has 0 amide bonds. The van der Waals surface area contributed by atoms with Gasteiger partial charge in [0.15, 0.2) is 0 Å². The highest BCUT2D eigenvalue weighted by molar-refractivity contribution is 6.18. The van der Waals surface area contributed by atoms with Crippen LogP contribution < -0.4 is 4.90 Å². The zero-order valence-electron chi connectivity index (χ0n) is 18.3. The summed E-state index contributed by atoms with van der Waals surface area (Å²) in [5, 5.41) is 0. The molecule has 3 aromatic carbocycles. The van der Waals surface area contributed by atoms with Crippen LogP contribution in [0, 0.1) is 0 Å². The van der Waals surface area contributed by atoms with Gasteiger partial charge in [-0.25, -0.2) is 4.98 Å². The molecule has 0 atom stereocenters. The van der Waals surface area contributed by atoms with Gasteiger partial charge in [0.1, 0.15) is 0 Å². The molecule has 0 N–H and O–H groups in total. The molecule has 0 radical (unpaired) electrons. The van der Waals surface area contributed by atoms with Crippen molar-refractivity contribution in [3.8, 4) is 11.3 Å². The number of halogens is 2. The fourth-order valence-corrected chi connectivity index (χ4v) is 4.01. The Morgan fingerprint density at radius 1 is 0.848 bits per heavy atom. The number of rotatable bonds is 10. The average molecular weight is 477 g/mol. The predicted molar refractivity (Wildman–Crippen MR) is 141 cm³/mol. The molecule has 6 heteroatoms. The lowest BCUT2D eigenvalue weighted by atomic mass is 10.1. The van der Waals surface area contributed by atoms with Gasteiger partial charge in [0.2, 0.25) is 0 Å². The molecular weight excluding hydrogens is 451 g/mol. The second-order valence-corrected chi connectivity index (χ2v) is 8.43. The summed E-state index contributed by atoms with van der Waals surface area (Å²) in [7, 11) is 0. The van der Waals surface area contributed by atoms with Gasteiger partial charge < -0.3 is 9.47 Å². The van der Waals surface area contributed by atoms with Gasteiger partial charge in [-0.3, -0.25) is 4.99 Å². The van der Waals surface area contributed by atoms with E-state index < -0.39 is 0 Å². The first-order chi connectivity index (χ1) is 16.2. The average Bonchev–Trinajstić information content (AvgIpc) is 3.32. The minimum Gasteiger partial charge on any atom is -0.369 e. The molecule has 0 unspecified atom stereocenters. The fourth-order valence-electron chi connectivity index (χ4n) is 3.60. The van der Waals surface area contributed by atoms with Crippen LogP contribution in [0.2, 0.25) is 0 Å². The van der Waals surface area contributed by atoms with E-state index in [1.807, 2.05) is 30.7 Å². The standard InChI is InChI=1S/C27H26Cl2N4/c28-14-16-33(17-15-29)26-12-6-22(7-13-26)18-30-25-10-8-24(9-11-25)27-20-32(21-31-27)19-23-4-2-1-3-5-23/h1-13,18,20-21H,14-17,19H2. The molecule has 1 aromatic heterocycles. The van der Waals surface area contributed by atoms with Gasteiger partial charge in [-0.2, -0.15) is 0 Å². The summed E-state index contributed by atoms with van der Waals surface area (Å²) in [5.41, 5.74) is 6.34. The van der Waals surface area contributed by atoms with Gasteiger partial charge in [-0.15, -0.1) is 23.2 Å². The third kappa shape index (κ3) is 6.47. The van der Waals surface area contributed by atoms with Crippen molar-refractivity contribution in [3.63, 3.8) is 0 Å². The predicted octanol–water partition coefficient (Wildman–Crippen LogP) is 6.63. The van der Waals surface area contributed by atoms with Crippen LogP contribution in [0.4, 0.5) is 11.4 Å². The number of alkyl halides is 2. The minimum absolute atomic E-state index is 0.573. The van der Waals surface area contributed by atoms with Crippen LogP contribution in [0.5, 0.6) is 0 Å². The van der Waals surface area contributed by atoms with Crippen molar-refractivity contribution in [2.45, 2.75) is 6.54 Å². The maximum atomic E-state index is 5.90. The first kappa shape index (κ1) is 23.1. The van der Waals surface area contributed by atoms with Crippen molar-refractivity contribution < 1.29 is 0 Å². The summed E-state index contributed by atoms with van der Waals surface area (Å²) in [6, 6.07) is 26.8. The zero-order chi connectivity index (χ0) is 22.9. The second-order valence-electron chi connectivity index (χ2n) is 7.68. The molecule has 0 saturated carbocycles. The van der Waals surface area contributed by atoms with E-state index in [0.29, 0.717) is 11.8 Å². The number of hydrogen-bond donors (Lipinski definition) is 0. The maximum Gasteiger partial charge on any atom is 0.0956 e. The lowest BCUT2D eigenvalue weighted by molar-refractivity contribution is 0.797. The molecule has 4 rings (SSSR count). The van der Waals surface area contributed by atoms with Gasteiger partial charge in [0.25, 0.3) is 0 Å². The van der Waals surface area contributed by atoms with Crippen molar-refractivity contribution in [3.05, 3.63) is 103 Å². The zero-order valence-corrected chi connectivity index (χ0v) is 19.8. The highest BCUT2D eigenvalue weighted by atomic mass is 35.5. The molecule has 33 heavy (non-hydrogen) atoms. The fraction of sp³-hybridized carbons (Fsp3) is 0.185. The summed E-state index contributed by atoms with van der Waals surface area (Å²) < 4.78 is 2.10. The van der Waals surface area contributed by atoms with Gasteiger partial charge in [0, 0.05) is 55.1 Å². The summed E-state index contributed by atoms with van der Waals surface area (Å²) in [6.07, 6.45) is 5.82. The Bertz CT molecular complexity index is 1150. The smallest absolute Gasteiger partial charge is 0.0956 e. The SMILES string of the molecule is ClCCN(CCCl)c1ccc(C=Nc2ccc(-c3cn(Cc4ccccc4)cn3)cc2)cc1. The lowest BCUT2D eigenvalue weighted by Gasteiger charge is -2.22. The summed E-state index contributed by atoms with van der Waals surface area (Å²) >= 11 is 11.8. The topological polar surface area (TPSA) is 33.4 Å². The summed E-state index contributed by atoms with van der Waals surface area (Å²) in [5.74, 6) is 1.15. The monoisotopic (exact) mass is 476 g/mol. The largest absolute Gasteiger partial charge is 0.369 e. The number of benzene rings is 3. The highest BCUT2D eigenvalue weighted by Gasteiger charge is 2.05. The number of aromatic nitrogens is 2. The van der Waals surface area contributed by atoms with Crippen LogP contribution in [0.1, 0.15) is 11.1 Å². The van der Waals surface area contributed by atoms with Crippen molar-refractivity contribution >= 4 is 40.8 Å². The van der Waals surface area contributed by atoms with Gasteiger partial charge >= 0.3 is 0 Å². The highest BCUT2D eigenvalue weighted by Crippen LogP contribution is 2.22. The van der Waals surface area contributed by atoms with E-state index in [1.54, 1.807) is 0 Å². The van der Waals surface area contributed by atoms with E-state index in [2.05, 4.69) is 86.3 Å². The molecule has 0 aliphatic heterocycles. The maximum absolute atomic E-state index is 5.90. The number of imidazole rings is 1. The van der Waals surface area contributed by atoms with Crippen LogP contribution in [0.25, 0.3) is 11.3 Å². The lowest BCUT2D eigenvalue weighted by Crippen LogP contribution is -2.27. The Labute approximate surface area is 205 Å². The number of hydrogen-bond acceptors (Lipinski definition) is 3. The molecule has 168 valence electrons. The number of nitrogens with zero attached hydrogens (tertiary/aromatic N) is 4. The Morgan fingerprint density at radius 3 is 2.21 bits per heavy atom. The molecular formula is C27H26Cl2N4. The molecule has 4 nitrogen and oxygen atoms in total. The van der Waals surface area contributed by atoms with Crippen molar-refractivity contribution in [2.24, 2.45) is 4.99 Å². The Hall–Kier alpha value is -3.08. The van der Waals surface area contributed by atoms with E-state index in [4.69, 9.17) is 23.2 Å². The van der Waals surface area contributed by atoms with Gasteiger partial charge in [-0.05, 0) is 35.4 Å². The van der Waals surface area contributed by atoms with E-state index in [1.165, 1.54) is 5.56 Å². The quantitative estimate of drug-likeness (QED) is 0.190. The molecule has 0 saturated heterocycles. The van der Waals surface area contributed by atoms with Crippen LogP contribution >= 0.6 is 23.2 Å². The minimum atomic E-state index is 0.573. The third-order valence-corrected chi connectivity index (χ3v) is 5.67. The van der Waals surface area contributed by atoms with Crippen LogP contribution in [-0.4, -0.2) is 40.6 Å². The number of aliphatic imine (C=N–C) groups is 1. The van der Waals surface area contributed by atoms with Crippen molar-refractivity contribution in [1.29, 1.82) is 0 Å². The molecule has 0 bridgehead atoms. The van der Waals surface area contributed by atoms with Crippen molar-refractivity contribution in [2.75, 3.05) is 29.7 Å². The number of anilines is 1. The second kappa shape index (κ2) is 11.7. The van der Waals surface area contributed by atoms with Crippen LogP contribution in [0.3, 0.4) is 0 Å². The van der Waals surface area contributed by atoms with Gasteiger partial charge in [0.05, 0.1) is 17.7 Å². The first-order valence-electron chi connectivity index (χ1n) is 10.9. The summed E-state index contributed by atoms with van der Waals surface area (Å²) in [6.45, 7) is 2.36. The molecule has 0 spiro atoms. The van der Waals surface area contributed by atoms with E-state index in [0.717, 1.165) is 47.8 Å². The molecule has 4 aromatic rings.